The molecule has 0 radical (unpaired) electrons. The van der Waals surface area contributed by atoms with Crippen molar-refractivity contribution in [3.63, 3.8) is 0 Å². The van der Waals surface area contributed by atoms with Gasteiger partial charge in [0.2, 0.25) is 0 Å². The fourth-order valence-corrected chi connectivity index (χ4v) is 2.92. The lowest BCUT2D eigenvalue weighted by molar-refractivity contribution is -0.384. The second kappa shape index (κ2) is 9.61. The van der Waals surface area contributed by atoms with Crippen molar-refractivity contribution in [2.75, 3.05) is 10.2 Å². The molecule has 2 rings (SSSR count). The van der Waals surface area contributed by atoms with Gasteiger partial charge in [0.15, 0.2) is 0 Å². The number of non-ortho nitro benzene ring substituents is 1. The molecule has 0 aliphatic heterocycles. The van der Waals surface area contributed by atoms with E-state index >= 15 is 0 Å². The predicted molar refractivity (Wildman–Crippen MR) is 126 cm³/mol. The van der Waals surface area contributed by atoms with E-state index in [2.05, 4.69) is 17.2 Å². The molecule has 0 aliphatic rings. The van der Waals surface area contributed by atoms with E-state index in [0.29, 0.717) is 11.3 Å². The number of nitro groups is 1. The van der Waals surface area contributed by atoms with Gasteiger partial charge < -0.3 is 9.84 Å². The molecule has 2 N–H and O–H groups in total. The molecule has 0 bridgehead atoms. The van der Waals surface area contributed by atoms with E-state index in [1.807, 2.05) is 0 Å². The number of carbonyl (C=O) groups is 2. The number of hydrogen-bond acceptors (Lipinski definition) is 5. The number of carboxylic acid groups (broad SMARTS) is 1. The van der Waals surface area contributed by atoms with Gasteiger partial charge in [-0.15, -0.1) is 0 Å². The Hall–Kier alpha value is -4.06. The van der Waals surface area contributed by atoms with Gasteiger partial charge in [-0.2, -0.15) is 0 Å². The number of nitrogens with one attached hydrogen (secondary N) is 1. The van der Waals surface area contributed by atoms with Gasteiger partial charge in [-0.1, -0.05) is 17.9 Å². The van der Waals surface area contributed by atoms with Crippen molar-refractivity contribution < 1.29 is 24.4 Å². The summed E-state index contributed by atoms with van der Waals surface area (Å²) in [6.45, 7) is 10.5. The van der Waals surface area contributed by atoms with Crippen molar-refractivity contribution in [3.05, 3.63) is 63.7 Å². The van der Waals surface area contributed by atoms with E-state index in [-0.39, 0.29) is 16.9 Å². The monoisotopic (exact) mass is 453 g/mol. The summed E-state index contributed by atoms with van der Waals surface area (Å²) in [7, 11) is 0. The molecule has 0 saturated heterocycles. The molecule has 2 aromatic rings. The van der Waals surface area contributed by atoms with Gasteiger partial charge in [-0.3, -0.25) is 20.3 Å². The molecule has 174 valence electrons. The second-order valence-corrected chi connectivity index (χ2v) is 9.20. The van der Waals surface area contributed by atoms with Gasteiger partial charge in [0, 0.05) is 28.9 Å². The zero-order valence-corrected chi connectivity index (χ0v) is 19.4. The van der Waals surface area contributed by atoms with Gasteiger partial charge in [0.05, 0.1) is 16.2 Å². The molecule has 0 atom stereocenters. The molecule has 0 heterocycles. The summed E-state index contributed by atoms with van der Waals surface area (Å²) in [6.07, 6.45) is -1.82. The Morgan fingerprint density at radius 1 is 1.06 bits per heavy atom. The maximum atomic E-state index is 12.2. The first-order valence-electron chi connectivity index (χ1n) is 10.1. The molecule has 0 aliphatic carbocycles. The Balaban J connectivity index is 2.46. The minimum Gasteiger partial charge on any atom is -0.465 e. The van der Waals surface area contributed by atoms with Crippen LogP contribution in [0.25, 0.3) is 0 Å². The van der Waals surface area contributed by atoms with Crippen molar-refractivity contribution in [3.8, 4) is 11.8 Å². The molecule has 0 spiro atoms. The number of anilines is 2. The van der Waals surface area contributed by atoms with Crippen LogP contribution in [0.2, 0.25) is 0 Å². The summed E-state index contributed by atoms with van der Waals surface area (Å²) in [4.78, 5) is 35.8. The second-order valence-electron chi connectivity index (χ2n) is 9.20. The molecular formula is C24H27N3O6. The first-order valence-corrected chi connectivity index (χ1v) is 10.1. The normalized spacial score (nSPS) is 11.1. The third kappa shape index (κ3) is 7.25. The minimum absolute atomic E-state index is 0.187. The van der Waals surface area contributed by atoms with Crippen LogP contribution in [0.3, 0.4) is 0 Å². The van der Waals surface area contributed by atoms with Gasteiger partial charge in [-0.05, 0) is 65.8 Å². The van der Waals surface area contributed by atoms with E-state index < -0.39 is 28.2 Å². The molecule has 33 heavy (non-hydrogen) atoms. The maximum absolute atomic E-state index is 12.2. The summed E-state index contributed by atoms with van der Waals surface area (Å²) in [6, 6.07) is 10.5. The summed E-state index contributed by atoms with van der Waals surface area (Å²) < 4.78 is 5.24. The number of carbonyl (C=O) groups excluding carboxylic acids is 1. The Morgan fingerprint density at radius 2 is 1.73 bits per heavy atom. The smallest absolute Gasteiger partial charge is 0.412 e. The standard InChI is InChI=1S/C24H27N3O6/c1-23(2,3)26(22(29)30)18-9-7-8-16(14-18)10-11-17-15-19(27(31)32)12-13-20(17)25-21(28)33-24(4,5)6/h7-9,12-15H,1-6H3,(H,25,28)(H,29,30). The lowest BCUT2D eigenvalue weighted by atomic mass is 10.0. The fraction of sp³-hybridized carbons (Fsp3) is 0.333. The third-order valence-corrected chi connectivity index (χ3v) is 4.16. The van der Waals surface area contributed by atoms with Crippen LogP contribution in [0, 0.1) is 22.0 Å². The van der Waals surface area contributed by atoms with Crippen molar-refractivity contribution in [2.24, 2.45) is 0 Å². The highest BCUT2D eigenvalue weighted by atomic mass is 16.6. The molecule has 0 saturated carbocycles. The molecule has 9 heteroatoms. The topological polar surface area (TPSA) is 122 Å². The molecule has 9 nitrogen and oxygen atoms in total. The summed E-state index contributed by atoms with van der Waals surface area (Å²) >= 11 is 0. The average molecular weight is 453 g/mol. The number of hydrogen-bond donors (Lipinski definition) is 2. The Labute approximate surface area is 192 Å². The third-order valence-electron chi connectivity index (χ3n) is 4.16. The van der Waals surface area contributed by atoms with Gasteiger partial charge in [0.1, 0.15) is 5.60 Å². The number of nitro benzene ring substituents is 1. The fourth-order valence-electron chi connectivity index (χ4n) is 2.92. The van der Waals surface area contributed by atoms with Crippen molar-refractivity contribution >= 4 is 29.2 Å². The Kier molecular flexibility index (Phi) is 7.34. The summed E-state index contributed by atoms with van der Waals surface area (Å²) in [5, 5.41) is 23.4. The molecule has 2 aromatic carbocycles. The molecule has 0 fully saturated rings. The number of ether oxygens (including phenoxy) is 1. The van der Waals surface area contributed by atoms with Crippen LogP contribution in [0.15, 0.2) is 42.5 Å². The zero-order chi connectivity index (χ0) is 25.0. The van der Waals surface area contributed by atoms with Crippen molar-refractivity contribution in [2.45, 2.75) is 52.7 Å². The van der Waals surface area contributed by atoms with Crippen LogP contribution in [0.1, 0.15) is 52.7 Å². The first kappa shape index (κ1) is 25.2. The van der Waals surface area contributed by atoms with E-state index in [1.165, 1.54) is 23.1 Å². The van der Waals surface area contributed by atoms with E-state index in [9.17, 15) is 24.8 Å². The van der Waals surface area contributed by atoms with Crippen molar-refractivity contribution in [1.29, 1.82) is 0 Å². The van der Waals surface area contributed by atoms with Gasteiger partial charge in [0.25, 0.3) is 5.69 Å². The van der Waals surface area contributed by atoms with Crippen molar-refractivity contribution in [1.82, 2.24) is 0 Å². The average Bonchev–Trinajstić information content (AvgIpc) is 2.64. The SMILES string of the molecule is CC(C)(C)OC(=O)Nc1ccc([N+](=O)[O-])cc1C#Cc1cccc(N(C(=O)O)C(C)(C)C)c1. The van der Waals surface area contributed by atoms with E-state index in [0.717, 1.165) is 0 Å². The quantitative estimate of drug-likeness (QED) is 0.353. The van der Waals surface area contributed by atoms with Crippen LogP contribution in [0.5, 0.6) is 0 Å². The highest BCUT2D eigenvalue weighted by Crippen LogP contribution is 2.26. The molecular weight excluding hydrogens is 426 g/mol. The van der Waals surface area contributed by atoms with Crippen LogP contribution >= 0.6 is 0 Å². The minimum atomic E-state index is -1.10. The Morgan fingerprint density at radius 3 is 2.27 bits per heavy atom. The largest absolute Gasteiger partial charge is 0.465 e. The highest BCUT2D eigenvalue weighted by Gasteiger charge is 2.27. The summed E-state index contributed by atoms with van der Waals surface area (Å²) in [5.41, 5.74) is -0.187. The lowest BCUT2D eigenvalue weighted by Gasteiger charge is -2.33. The number of rotatable bonds is 3. The predicted octanol–water partition coefficient (Wildman–Crippen LogP) is 5.62. The molecule has 0 aromatic heterocycles. The number of amides is 2. The number of nitrogens with zero attached hydrogens (tertiary/aromatic N) is 2. The van der Waals surface area contributed by atoms with Crippen LogP contribution in [0.4, 0.5) is 26.7 Å². The van der Waals surface area contributed by atoms with Crippen LogP contribution in [-0.2, 0) is 4.74 Å². The van der Waals surface area contributed by atoms with E-state index in [4.69, 9.17) is 4.74 Å². The first-order chi connectivity index (χ1) is 15.2. The highest BCUT2D eigenvalue weighted by molar-refractivity contribution is 5.88. The maximum Gasteiger partial charge on any atom is 0.412 e. The summed E-state index contributed by atoms with van der Waals surface area (Å²) in [5.74, 6) is 5.73. The Bertz CT molecular complexity index is 1130. The van der Waals surface area contributed by atoms with Crippen LogP contribution < -0.4 is 10.2 Å². The molecule has 2 amide bonds. The number of benzene rings is 2. The molecule has 0 unspecified atom stereocenters. The van der Waals surface area contributed by atoms with Crippen LogP contribution in [-0.4, -0.2) is 33.4 Å². The van der Waals surface area contributed by atoms with Gasteiger partial charge >= 0.3 is 12.2 Å². The lowest BCUT2D eigenvalue weighted by Crippen LogP contribution is -2.45. The van der Waals surface area contributed by atoms with Gasteiger partial charge in [-0.25, -0.2) is 9.59 Å². The van der Waals surface area contributed by atoms with E-state index in [1.54, 1.807) is 65.8 Å². The zero-order valence-electron chi connectivity index (χ0n) is 19.4.